The topological polar surface area (TPSA) is 3.24 Å². The fourth-order valence-electron chi connectivity index (χ4n) is 2.78. The molecule has 1 aromatic carbocycles. The van der Waals surface area contributed by atoms with Crippen LogP contribution in [0.3, 0.4) is 0 Å². The number of anilines is 1. The van der Waals surface area contributed by atoms with Crippen LogP contribution in [0.25, 0.3) is 0 Å². The van der Waals surface area contributed by atoms with Crippen molar-refractivity contribution in [1.82, 2.24) is 0 Å². The first-order chi connectivity index (χ1) is 8.34. The lowest BCUT2D eigenvalue weighted by Crippen LogP contribution is -2.36. The van der Waals surface area contributed by atoms with Crippen molar-refractivity contribution in [3.63, 3.8) is 0 Å². The lowest BCUT2D eigenvalue weighted by atomic mass is 9.85. The lowest BCUT2D eigenvalue weighted by molar-refractivity contribution is -0.137. The summed E-state index contributed by atoms with van der Waals surface area (Å²) < 4.78 is 38.1. The molecule has 0 aromatic heterocycles. The predicted octanol–water partition coefficient (Wildman–Crippen LogP) is 4.43. The minimum absolute atomic E-state index is 0.184. The van der Waals surface area contributed by atoms with Crippen LogP contribution >= 0.6 is 0 Å². The molecule has 0 bridgehead atoms. The Bertz CT molecular complexity index is 439. The van der Waals surface area contributed by atoms with E-state index < -0.39 is 11.7 Å². The predicted molar refractivity (Wildman–Crippen MR) is 67.0 cm³/mol. The van der Waals surface area contributed by atoms with Crippen molar-refractivity contribution >= 4 is 5.69 Å². The van der Waals surface area contributed by atoms with Crippen molar-refractivity contribution in [1.29, 1.82) is 0 Å². The van der Waals surface area contributed by atoms with Gasteiger partial charge in [-0.1, -0.05) is 13.8 Å². The smallest absolute Gasteiger partial charge is 0.371 e. The molecule has 2 atom stereocenters. The van der Waals surface area contributed by atoms with Crippen LogP contribution in [0.2, 0.25) is 0 Å². The average molecular weight is 257 g/mol. The Morgan fingerprint density at radius 2 is 2.00 bits per heavy atom. The standard InChI is InChI=1S/C14H18F3N/c1-4-11-7-9(2)12-8-10(14(15,16)17)5-6-13(12)18(11)3/h5-6,8-9,11H,4,7H2,1-3H3/t9?,11-/m1/s1. The zero-order valence-corrected chi connectivity index (χ0v) is 10.9. The van der Waals surface area contributed by atoms with Gasteiger partial charge in [0.25, 0.3) is 0 Å². The summed E-state index contributed by atoms with van der Waals surface area (Å²) in [5, 5.41) is 0. The quantitative estimate of drug-likeness (QED) is 0.719. The van der Waals surface area contributed by atoms with E-state index in [-0.39, 0.29) is 5.92 Å². The van der Waals surface area contributed by atoms with E-state index in [0.29, 0.717) is 6.04 Å². The van der Waals surface area contributed by atoms with Crippen LogP contribution in [0.1, 0.15) is 43.7 Å². The molecule has 1 aromatic rings. The van der Waals surface area contributed by atoms with Crippen LogP contribution in [0.15, 0.2) is 18.2 Å². The fourth-order valence-corrected chi connectivity index (χ4v) is 2.78. The number of nitrogens with zero attached hydrogens (tertiary/aromatic N) is 1. The molecule has 0 radical (unpaired) electrons. The van der Waals surface area contributed by atoms with Gasteiger partial charge in [0.15, 0.2) is 0 Å². The third-order valence-electron chi connectivity index (χ3n) is 3.91. The summed E-state index contributed by atoms with van der Waals surface area (Å²) in [7, 11) is 1.96. The fraction of sp³-hybridized carbons (Fsp3) is 0.571. The van der Waals surface area contributed by atoms with Gasteiger partial charge < -0.3 is 4.90 Å². The molecule has 1 nitrogen and oxygen atoms in total. The number of hydrogen-bond acceptors (Lipinski definition) is 1. The van der Waals surface area contributed by atoms with Crippen molar-refractivity contribution in [2.75, 3.05) is 11.9 Å². The highest BCUT2D eigenvalue weighted by molar-refractivity contribution is 5.59. The molecule has 0 amide bonds. The molecule has 1 heterocycles. The Labute approximate surface area is 106 Å². The summed E-state index contributed by atoms with van der Waals surface area (Å²) in [6.07, 6.45) is -2.32. The van der Waals surface area contributed by atoms with Gasteiger partial charge in [0, 0.05) is 18.8 Å². The number of benzene rings is 1. The van der Waals surface area contributed by atoms with Crippen LogP contribution < -0.4 is 4.90 Å². The molecule has 1 aliphatic heterocycles. The van der Waals surface area contributed by atoms with Crippen molar-refractivity contribution in [3.05, 3.63) is 29.3 Å². The summed E-state index contributed by atoms with van der Waals surface area (Å²) >= 11 is 0. The number of halogens is 3. The summed E-state index contributed by atoms with van der Waals surface area (Å²) in [4.78, 5) is 2.11. The number of alkyl halides is 3. The third-order valence-corrected chi connectivity index (χ3v) is 3.91. The van der Waals surface area contributed by atoms with E-state index in [9.17, 15) is 13.2 Å². The highest BCUT2D eigenvalue weighted by Gasteiger charge is 2.34. The van der Waals surface area contributed by atoms with Gasteiger partial charge in [0.05, 0.1) is 5.56 Å². The maximum Gasteiger partial charge on any atom is 0.416 e. The molecule has 100 valence electrons. The molecular weight excluding hydrogens is 239 g/mol. The number of fused-ring (bicyclic) bond motifs is 1. The highest BCUT2D eigenvalue weighted by atomic mass is 19.4. The van der Waals surface area contributed by atoms with E-state index in [0.717, 1.165) is 24.1 Å². The maximum absolute atomic E-state index is 12.7. The molecule has 4 heteroatoms. The molecule has 0 saturated heterocycles. The van der Waals surface area contributed by atoms with Gasteiger partial charge in [-0.3, -0.25) is 0 Å². The Balaban J connectivity index is 2.45. The minimum Gasteiger partial charge on any atom is -0.371 e. The first-order valence-corrected chi connectivity index (χ1v) is 6.28. The van der Waals surface area contributed by atoms with Crippen LogP contribution in [0.5, 0.6) is 0 Å². The first-order valence-electron chi connectivity index (χ1n) is 6.28. The zero-order valence-electron chi connectivity index (χ0n) is 10.9. The molecule has 0 aliphatic carbocycles. The molecule has 2 rings (SSSR count). The average Bonchev–Trinajstić information content (AvgIpc) is 2.32. The van der Waals surface area contributed by atoms with Crippen molar-refractivity contribution in [2.24, 2.45) is 0 Å². The SMILES string of the molecule is CC[C@@H]1CC(C)c2cc(C(F)(F)F)ccc2N1C. The lowest BCUT2D eigenvalue weighted by Gasteiger charge is -2.39. The van der Waals surface area contributed by atoms with Gasteiger partial charge in [-0.05, 0) is 42.5 Å². The monoisotopic (exact) mass is 257 g/mol. The largest absolute Gasteiger partial charge is 0.416 e. The minimum atomic E-state index is -4.26. The van der Waals surface area contributed by atoms with Gasteiger partial charge >= 0.3 is 6.18 Å². The van der Waals surface area contributed by atoms with Crippen LogP contribution in [-0.4, -0.2) is 13.1 Å². The molecule has 0 saturated carbocycles. The molecular formula is C14H18F3N. The second kappa shape index (κ2) is 4.48. The summed E-state index contributed by atoms with van der Waals surface area (Å²) in [6.45, 7) is 4.12. The summed E-state index contributed by atoms with van der Waals surface area (Å²) in [5.74, 6) is 0.184. The van der Waals surface area contributed by atoms with Crippen molar-refractivity contribution in [3.8, 4) is 0 Å². The van der Waals surface area contributed by atoms with Crippen LogP contribution in [0, 0.1) is 0 Å². The molecule has 1 unspecified atom stereocenters. The molecule has 0 fully saturated rings. The maximum atomic E-state index is 12.7. The van der Waals surface area contributed by atoms with E-state index in [1.54, 1.807) is 6.07 Å². The highest BCUT2D eigenvalue weighted by Crippen LogP contribution is 2.41. The third kappa shape index (κ3) is 2.20. The first kappa shape index (κ1) is 13.2. The van der Waals surface area contributed by atoms with Crippen molar-refractivity contribution in [2.45, 2.75) is 44.8 Å². The van der Waals surface area contributed by atoms with E-state index in [1.807, 2.05) is 14.0 Å². The Morgan fingerprint density at radius 1 is 1.33 bits per heavy atom. The molecule has 1 aliphatic rings. The van der Waals surface area contributed by atoms with Crippen molar-refractivity contribution < 1.29 is 13.2 Å². The summed E-state index contributed by atoms with van der Waals surface area (Å²) in [5.41, 5.74) is 1.21. The second-order valence-corrected chi connectivity index (χ2v) is 5.08. The van der Waals surface area contributed by atoms with Gasteiger partial charge in [-0.25, -0.2) is 0 Å². The summed E-state index contributed by atoms with van der Waals surface area (Å²) in [6, 6.07) is 4.52. The van der Waals surface area contributed by atoms with Gasteiger partial charge in [-0.15, -0.1) is 0 Å². The Morgan fingerprint density at radius 3 is 2.56 bits per heavy atom. The zero-order chi connectivity index (χ0) is 13.5. The number of rotatable bonds is 1. The van der Waals surface area contributed by atoms with Gasteiger partial charge in [0.2, 0.25) is 0 Å². The Hall–Kier alpha value is -1.19. The molecule has 0 N–H and O–H groups in total. The Kier molecular flexibility index (Phi) is 3.30. The van der Waals surface area contributed by atoms with Gasteiger partial charge in [0.1, 0.15) is 0 Å². The molecule has 18 heavy (non-hydrogen) atoms. The van der Waals surface area contributed by atoms with E-state index >= 15 is 0 Å². The van der Waals surface area contributed by atoms with E-state index in [4.69, 9.17) is 0 Å². The van der Waals surface area contributed by atoms with Crippen LogP contribution in [-0.2, 0) is 6.18 Å². The second-order valence-electron chi connectivity index (χ2n) is 5.08. The van der Waals surface area contributed by atoms with E-state index in [1.165, 1.54) is 12.1 Å². The van der Waals surface area contributed by atoms with Crippen LogP contribution in [0.4, 0.5) is 18.9 Å². The number of hydrogen-bond donors (Lipinski definition) is 0. The normalized spacial score (nSPS) is 24.0. The van der Waals surface area contributed by atoms with E-state index in [2.05, 4.69) is 11.8 Å². The van der Waals surface area contributed by atoms with Gasteiger partial charge in [-0.2, -0.15) is 13.2 Å². The molecule has 0 spiro atoms.